The summed E-state index contributed by atoms with van der Waals surface area (Å²) in [5, 5.41) is 12.0. The lowest BCUT2D eigenvalue weighted by Gasteiger charge is -2.37. The number of aromatic nitrogens is 2. The molecule has 0 bridgehead atoms. The second-order valence-corrected chi connectivity index (χ2v) is 10.3. The van der Waals surface area contributed by atoms with Crippen LogP contribution < -0.4 is 22.5 Å². The maximum absolute atomic E-state index is 12.7. The van der Waals surface area contributed by atoms with E-state index < -0.39 is 23.9 Å². The van der Waals surface area contributed by atoms with Crippen LogP contribution in [0.3, 0.4) is 0 Å². The fraction of sp³-hybridized carbons (Fsp3) is 0.538. The number of aliphatic hydroxyl groups excluding tert-OH is 1. The Labute approximate surface area is 222 Å². The zero-order valence-electron chi connectivity index (χ0n) is 21.9. The van der Waals surface area contributed by atoms with Crippen LogP contribution in [-0.2, 0) is 11.2 Å². The van der Waals surface area contributed by atoms with Crippen molar-refractivity contribution >= 4 is 17.8 Å². The van der Waals surface area contributed by atoms with Gasteiger partial charge in [-0.2, -0.15) is 4.98 Å². The van der Waals surface area contributed by atoms with Crippen molar-refractivity contribution in [2.75, 3.05) is 57.7 Å². The first-order valence-electron chi connectivity index (χ1n) is 13.1. The lowest BCUT2D eigenvalue weighted by molar-refractivity contribution is -0.139. The van der Waals surface area contributed by atoms with E-state index in [0.717, 1.165) is 38.9 Å². The van der Waals surface area contributed by atoms with Gasteiger partial charge in [0.05, 0.1) is 12.3 Å². The quantitative estimate of drug-likeness (QED) is 0.378. The molecule has 0 aliphatic carbocycles. The summed E-state index contributed by atoms with van der Waals surface area (Å²) >= 11 is 0. The van der Waals surface area contributed by atoms with Crippen LogP contribution in [0.4, 0.5) is 10.6 Å². The summed E-state index contributed by atoms with van der Waals surface area (Å²) < 4.78 is 1.43. The summed E-state index contributed by atoms with van der Waals surface area (Å²) in [5.41, 5.74) is 11.9. The number of piperazine rings is 1. The van der Waals surface area contributed by atoms with Gasteiger partial charge in [0.1, 0.15) is 11.4 Å². The van der Waals surface area contributed by atoms with Crippen LogP contribution in [0.5, 0.6) is 0 Å². The Kier molecular flexibility index (Phi) is 8.77. The van der Waals surface area contributed by atoms with Crippen molar-refractivity contribution in [1.29, 1.82) is 0 Å². The Bertz CT molecular complexity index is 1170. The zero-order valence-corrected chi connectivity index (χ0v) is 21.9. The van der Waals surface area contributed by atoms with E-state index in [4.69, 9.17) is 11.5 Å². The molecule has 4 rings (SSSR count). The summed E-state index contributed by atoms with van der Waals surface area (Å²) in [6, 6.07) is 9.33. The first-order valence-corrected chi connectivity index (χ1v) is 13.1. The number of amides is 3. The Balaban J connectivity index is 1.29. The molecule has 2 saturated heterocycles. The highest BCUT2D eigenvalue weighted by Crippen LogP contribution is 2.14. The second-order valence-electron chi connectivity index (χ2n) is 10.3. The van der Waals surface area contributed by atoms with Crippen molar-refractivity contribution < 1.29 is 14.7 Å². The Hall–Kier alpha value is -3.32. The summed E-state index contributed by atoms with van der Waals surface area (Å²) in [6.45, 7) is 5.29. The van der Waals surface area contributed by atoms with Gasteiger partial charge in [-0.25, -0.2) is 9.59 Å². The van der Waals surface area contributed by atoms with Gasteiger partial charge in [-0.05, 0) is 63.0 Å². The molecule has 12 heteroatoms. The Morgan fingerprint density at radius 3 is 2.29 bits per heavy atom. The number of piperidine rings is 1. The van der Waals surface area contributed by atoms with E-state index in [0.29, 0.717) is 37.9 Å². The van der Waals surface area contributed by atoms with Gasteiger partial charge in [0, 0.05) is 45.0 Å². The number of nitrogens with zero attached hydrogens (tertiary/aromatic N) is 5. The van der Waals surface area contributed by atoms with Gasteiger partial charge in [0.15, 0.2) is 0 Å². The lowest BCUT2D eigenvalue weighted by atomic mass is 10.0. The van der Waals surface area contributed by atoms with Crippen LogP contribution in [0.1, 0.15) is 25.3 Å². The van der Waals surface area contributed by atoms with E-state index >= 15 is 0 Å². The van der Waals surface area contributed by atoms with Crippen molar-refractivity contribution in [3.63, 3.8) is 0 Å². The number of benzene rings is 1. The van der Waals surface area contributed by atoms with E-state index in [1.165, 1.54) is 22.0 Å². The average Bonchev–Trinajstić information content (AvgIpc) is 2.93. The number of nitrogens with one attached hydrogen (secondary N) is 1. The third-order valence-electron chi connectivity index (χ3n) is 7.27. The van der Waals surface area contributed by atoms with E-state index in [2.05, 4.69) is 15.2 Å². The minimum Gasteiger partial charge on any atom is -0.394 e. The number of hydrogen-bond acceptors (Lipinski definition) is 8. The van der Waals surface area contributed by atoms with Gasteiger partial charge in [-0.1, -0.05) is 12.1 Å². The predicted molar refractivity (Wildman–Crippen MR) is 144 cm³/mol. The highest BCUT2D eigenvalue weighted by Gasteiger charge is 2.34. The topological polar surface area (TPSA) is 163 Å². The van der Waals surface area contributed by atoms with Crippen LogP contribution >= 0.6 is 0 Å². The molecule has 1 atom stereocenters. The molecule has 2 aromatic rings. The molecule has 2 fully saturated rings. The number of likely N-dealkylation sites (tertiary alicyclic amines) is 1. The molecule has 6 N–H and O–H groups in total. The molecule has 1 aromatic carbocycles. The molecule has 2 aliphatic rings. The number of hydrogen-bond donors (Lipinski definition) is 4. The number of rotatable bonds is 7. The lowest BCUT2D eigenvalue weighted by Crippen LogP contribution is -2.60. The van der Waals surface area contributed by atoms with Crippen LogP contribution in [-0.4, -0.2) is 105 Å². The number of nitrogens with two attached hydrogens (primary N) is 2. The highest BCUT2D eigenvalue weighted by atomic mass is 16.3. The van der Waals surface area contributed by atoms with E-state index in [9.17, 15) is 19.5 Å². The van der Waals surface area contributed by atoms with Gasteiger partial charge in [-0.3, -0.25) is 14.7 Å². The molecule has 0 spiro atoms. The second kappa shape index (κ2) is 12.0. The molecule has 12 nitrogen and oxygen atoms in total. The molecule has 1 unspecified atom stereocenters. The van der Waals surface area contributed by atoms with Crippen LogP contribution in [0.2, 0.25) is 0 Å². The maximum atomic E-state index is 12.7. The number of carbonyl (C=O) groups is 2. The average molecular weight is 527 g/mol. The van der Waals surface area contributed by atoms with Crippen molar-refractivity contribution in [3.8, 4) is 5.69 Å². The molecular formula is C26H38N8O4. The van der Waals surface area contributed by atoms with Gasteiger partial charge >= 0.3 is 11.7 Å². The van der Waals surface area contributed by atoms with E-state index in [-0.39, 0.29) is 11.7 Å². The third-order valence-corrected chi connectivity index (χ3v) is 7.27. The minimum absolute atomic E-state index is 0.155. The summed E-state index contributed by atoms with van der Waals surface area (Å²) in [4.78, 5) is 47.3. The molecule has 0 radical (unpaired) electrons. The zero-order chi connectivity index (χ0) is 27.3. The normalized spacial score (nSPS) is 18.7. The smallest absolute Gasteiger partial charge is 0.354 e. The number of aliphatic hydroxyl groups is 1. The van der Waals surface area contributed by atoms with E-state index in [1.54, 1.807) is 17.2 Å². The third kappa shape index (κ3) is 6.76. The maximum Gasteiger partial charge on any atom is 0.354 e. The molecule has 206 valence electrons. The molecule has 38 heavy (non-hydrogen) atoms. The SMILES string of the molecule is CC(N)(CO)C(=O)N1CCN(C(=O)Nc2ccn(-c3ccc(CCN4CCC(N)CC4)cc3)c(=O)n2)CC1. The fourth-order valence-electron chi connectivity index (χ4n) is 4.69. The monoisotopic (exact) mass is 526 g/mol. The van der Waals surface area contributed by atoms with Crippen LogP contribution in [0.25, 0.3) is 5.69 Å². The molecule has 3 heterocycles. The predicted octanol–water partition coefficient (Wildman–Crippen LogP) is -0.416. The van der Waals surface area contributed by atoms with Gasteiger partial charge < -0.3 is 31.3 Å². The summed E-state index contributed by atoms with van der Waals surface area (Å²) in [6.07, 6.45) is 4.61. The van der Waals surface area contributed by atoms with E-state index in [1.807, 2.05) is 24.3 Å². The molecule has 0 saturated carbocycles. The largest absolute Gasteiger partial charge is 0.394 e. The van der Waals surface area contributed by atoms with Crippen LogP contribution in [0, 0.1) is 0 Å². The van der Waals surface area contributed by atoms with Crippen molar-refractivity contribution in [3.05, 3.63) is 52.6 Å². The first kappa shape index (κ1) is 27.7. The van der Waals surface area contributed by atoms with Crippen molar-refractivity contribution in [1.82, 2.24) is 24.3 Å². The van der Waals surface area contributed by atoms with Gasteiger partial charge in [-0.15, -0.1) is 0 Å². The molecule has 2 aliphatic heterocycles. The summed E-state index contributed by atoms with van der Waals surface area (Å²) in [5.74, 6) is -0.201. The van der Waals surface area contributed by atoms with Crippen molar-refractivity contribution in [2.45, 2.75) is 37.8 Å². The van der Waals surface area contributed by atoms with Crippen molar-refractivity contribution in [2.24, 2.45) is 11.5 Å². The molecular weight excluding hydrogens is 488 g/mol. The first-order chi connectivity index (χ1) is 18.2. The van der Waals surface area contributed by atoms with Crippen LogP contribution in [0.15, 0.2) is 41.3 Å². The Morgan fingerprint density at radius 1 is 1.05 bits per heavy atom. The molecule has 3 amide bonds. The molecule has 1 aromatic heterocycles. The minimum atomic E-state index is -1.35. The number of anilines is 1. The number of urea groups is 1. The standard InChI is InChI=1S/C26H38N8O4/c1-26(28,18-35)23(36)32-14-16-33(17-15-32)24(37)29-22-9-13-34(25(38)30-22)21-4-2-19(3-5-21)6-10-31-11-7-20(27)8-12-31/h2-5,9,13,20,35H,6-8,10-12,14-18,27-28H2,1H3,(H,29,30,37,38). The highest BCUT2D eigenvalue weighted by molar-refractivity contribution is 5.89. The Morgan fingerprint density at radius 2 is 1.68 bits per heavy atom. The number of carbonyl (C=O) groups excluding carboxylic acids is 2. The van der Waals surface area contributed by atoms with Gasteiger partial charge in [0.25, 0.3) is 0 Å². The van der Waals surface area contributed by atoms with Gasteiger partial charge in [0.2, 0.25) is 5.91 Å². The fourth-order valence-corrected chi connectivity index (χ4v) is 4.69. The summed E-state index contributed by atoms with van der Waals surface area (Å²) in [7, 11) is 0.